The number of aliphatic hydroxyl groups is 1. The van der Waals surface area contributed by atoms with Gasteiger partial charge >= 0.3 is 0 Å². The Balaban J connectivity index is 1.70. The zero-order valence-corrected chi connectivity index (χ0v) is 13.1. The highest BCUT2D eigenvalue weighted by atomic mass is 19.2. The van der Waals surface area contributed by atoms with Crippen molar-refractivity contribution in [2.75, 3.05) is 6.61 Å². The minimum absolute atomic E-state index is 0.000883. The number of halogens is 2. The van der Waals surface area contributed by atoms with Gasteiger partial charge in [-0.3, -0.25) is 4.79 Å². The van der Waals surface area contributed by atoms with Gasteiger partial charge in [0.05, 0.1) is 12.6 Å². The first kappa shape index (κ1) is 16.4. The van der Waals surface area contributed by atoms with Crippen molar-refractivity contribution in [2.45, 2.75) is 25.5 Å². The number of hydrogen-bond donors (Lipinski definition) is 2. The highest BCUT2D eigenvalue weighted by Crippen LogP contribution is 2.28. The molecule has 1 heterocycles. The molecule has 2 N–H and O–H groups in total. The minimum Gasteiger partial charge on any atom is -0.493 e. The summed E-state index contributed by atoms with van der Waals surface area (Å²) in [5.74, 6) is -1.96. The van der Waals surface area contributed by atoms with E-state index in [9.17, 15) is 18.7 Å². The molecule has 1 aliphatic heterocycles. The summed E-state index contributed by atoms with van der Waals surface area (Å²) < 4.78 is 31.6. The van der Waals surface area contributed by atoms with Crippen LogP contribution in [0.4, 0.5) is 8.78 Å². The monoisotopic (exact) mass is 333 g/mol. The maximum absolute atomic E-state index is 13.2. The van der Waals surface area contributed by atoms with Crippen LogP contribution < -0.4 is 10.1 Å². The molecule has 1 amide bonds. The van der Waals surface area contributed by atoms with Crippen molar-refractivity contribution in [3.05, 3.63) is 64.7 Å². The molecule has 0 bridgehead atoms. The summed E-state index contributed by atoms with van der Waals surface area (Å²) in [5.41, 5.74) is 1.96. The highest BCUT2D eigenvalue weighted by molar-refractivity contribution is 5.82. The van der Waals surface area contributed by atoms with Crippen LogP contribution in [0, 0.1) is 11.6 Å². The average molecular weight is 333 g/mol. The van der Waals surface area contributed by atoms with E-state index in [0.717, 1.165) is 35.4 Å². The molecule has 0 spiro atoms. The summed E-state index contributed by atoms with van der Waals surface area (Å²) in [6.45, 7) is 2.43. The Kier molecular flexibility index (Phi) is 4.49. The number of carbonyl (C=O) groups excluding carboxylic acids is 1. The number of benzene rings is 2. The Morgan fingerprint density at radius 2 is 1.92 bits per heavy atom. The average Bonchev–Trinajstić information content (AvgIpc) is 3.04. The van der Waals surface area contributed by atoms with Crippen LogP contribution in [0.5, 0.6) is 5.75 Å². The lowest BCUT2D eigenvalue weighted by Crippen LogP contribution is -2.31. The molecule has 24 heavy (non-hydrogen) atoms. The van der Waals surface area contributed by atoms with Crippen LogP contribution in [0.2, 0.25) is 0 Å². The molecule has 3 rings (SSSR count). The largest absolute Gasteiger partial charge is 0.493 e. The van der Waals surface area contributed by atoms with Gasteiger partial charge in [0.15, 0.2) is 17.7 Å². The van der Waals surface area contributed by atoms with Gasteiger partial charge in [-0.25, -0.2) is 8.78 Å². The Bertz CT molecular complexity index is 779. The summed E-state index contributed by atoms with van der Waals surface area (Å²) in [5, 5.41) is 12.7. The zero-order valence-electron chi connectivity index (χ0n) is 13.1. The Morgan fingerprint density at radius 3 is 2.67 bits per heavy atom. The van der Waals surface area contributed by atoms with Crippen LogP contribution in [0.1, 0.15) is 35.8 Å². The Morgan fingerprint density at radius 1 is 1.17 bits per heavy atom. The van der Waals surface area contributed by atoms with Crippen LogP contribution >= 0.6 is 0 Å². The summed E-state index contributed by atoms with van der Waals surface area (Å²) >= 11 is 0. The van der Waals surface area contributed by atoms with Crippen LogP contribution in [0.15, 0.2) is 36.4 Å². The fourth-order valence-corrected chi connectivity index (χ4v) is 2.69. The minimum atomic E-state index is -1.57. The Hall–Kier alpha value is -2.47. The van der Waals surface area contributed by atoms with E-state index in [2.05, 4.69) is 5.32 Å². The van der Waals surface area contributed by atoms with E-state index in [1.165, 1.54) is 6.07 Å². The number of rotatable bonds is 4. The summed E-state index contributed by atoms with van der Waals surface area (Å²) in [7, 11) is 0. The molecule has 0 radical (unpaired) electrons. The van der Waals surface area contributed by atoms with Gasteiger partial charge in [0.2, 0.25) is 0 Å². The topological polar surface area (TPSA) is 58.6 Å². The molecule has 4 nitrogen and oxygen atoms in total. The third-order valence-electron chi connectivity index (χ3n) is 4.08. The predicted molar refractivity (Wildman–Crippen MR) is 83.5 cm³/mol. The van der Waals surface area contributed by atoms with E-state index in [1.807, 2.05) is 18.2 Å². The smallest absolute Gasteiger partial charge is 0.253 e. The van der Waals surface area contributed by atoms with Gasteiger partial charge in [0, 0.05) is 6.42 Å². The van der Waals surface area contributed by atoms with E-state index in [1.54, 1.807) is 6.92 Å². The first-order chi connectivity index (χ1) is 11.5. The van der Waals surface area contributed by atoms with E-state index < -0.39 is 23.6 Å². The van der Waals surface area contributed by atoms with Crippen molar-refractivity contribution in [3.63, 3.8) is 0 Å². The number of hydrogen-bond acceptors (Lipinski definition) is 3. The lowest BCUT2D eigenvalue weighted by Gasteiger charge is -2.18. The van der Waals surface area contributed by atoms with E-state index >= 15 is 0 Å². The first-order valence-electron chi connectivity index (χ1n) is 7.64. The quantitative estimate of drug-likeness (QED) is 0.905. The molecule has 2 aromatic rings. The molecule has 0 aliphatic carbocycles. The molecule has 2 aromatic carbocycles. The van der Waals surface area contributed by atoms with Gasteiger partial charge in [-0.05, 0) is 47.9 Å². The fourth-order valence-electron chi connectivity index (χ4n) is 2.69. The first-order valence-corrected chi connectivity index (χ1v) is 7.64. The van der Waals surface area contributed by atoms with Crippen LogP contribution in [0.3, 0.4) is 0 Å². The fraction of sp³-hybridized carbons (Fsp3) is 0.278. The number of nitrogens with one attached hydrogen (secondary N) is 1. The van der Waals surface area contributed by atoms with Crippen molar-refractivity contribution in [3.8, 4) is 5.75 Å². The van der Waals surface area contributed by atoms with Crippen LogP contribution in [-0.4, -0.2) is 17.6 Å². The van der Waals surface area contributed by atoms with E-state index in [4.69, 9.17) is 4.74 Å². The van der Waals surface area contributed by atoms with Crippen molar-refractivity contribution >= 4 is 5.91 Å². The number of ether oxygens (including phenoxy) is 1. The molecular weight excluding hydrogens is 316 g/mol. The van der Waals surface area contributed by atoms with Crippen molar-refractivity contribution < 1.29 is 23.4 Å². The van der Waals surface area contributed by atoms with Gasteiger partial charge in [-0.15, -0.1) is 0 Å². The van der Waals surface area contributed by atoms with Gasteiger partial charge in [0.1, 0.15) is 5.75 Å². The molecule has 0 aromatic heterocycles. The molecule has 0 saturated carbocycles. The highest BCUT2D eigenvalue weighted by Gasteiger charge is 2.22. The molecular formula is C18H17F2NO3. The summed E-state index contributed by atoms with van der Waals surface area (Å²) in [6, 6.07) is 8.19. The number of aliphatic hydroxyl groups excluding tert-OH is 1. The number of fused-ring (bicyclic) bond motifs is 1. The van der Waals surface area contributed by atoms with Gasteiger partial charge in [-0.2, -0.15) is 0 Å². The summed E-state index contributed by atoms with van der Waals surface area (Å²) in [4.78, 5) is 12.2. The molecule has 126 valence electrons. The molecule has 1 aliphatic rings. The van der Waals surface area contributed by atoms with E-state index in [-0.39, 0.29) is 11.6 Å². The Labute approximate surface area is 138 Å². The van der Waals surface area contributed by atoms with Crippen molar-refractivity contribution in [1.82, 2.24) is 5.32 Å². The summed E-state index contributed by atoms with van der Waals surface area (Å²) in [6.07, 6.45) is -0.748. The molecule has 1 unspecified atom stereocenters. The third kappa shape index (κ3) is 3.23. The predicted octanol–water partition coefficient (Wildman–Crippen LogP) is 2.81. The van der Waals surface area contributed by atoms with Gasteiger partial charge in [-0.1, -0.05) is 12.1 Å². The van der Waals surface area contributed by atoms with E-state index in [0.29, 0.717) is 6.61 Å². The standard InChI is InChI=1S/C18H17F2NO3/c1-10(11-3-5-16-12(8-11)6-7-24-16)21-18(23)17(22)13-2-4-14(19)15(20)9-13/h2-5,8-10,17,22H,6-7H2,1H3,(H,21,23)/t10-,17?/m0/s1. The zero-order chi connectivity index (χ0) is 17.3. The second kappa shape index (κ2) is 6.57. The normalized spacial score (nSPS) is 15.3. The van der Waals surface area contributed by atoms with Gasteiger partial charge < -0.3 is 15.2 Å². The SMILES string of the molecule is C[C@H](NC(=O)C(O)c1ccc(F)c(F)c1)c1ccc2c(c1)CCO2. The molecule has 2 atom stereocenters. The molecule has 6 heteroatoms. The van der Waals surface area contributed by atoms with Gasteiger partial charge in [0.25, 0.3) is 5.91 Å². The maximum atomic E-state index is 13.2. The second-order valence-corrected chi connectivity index (χ2v) is 5.77. The number of carbonyl (C=O) groups is 1. The van der Waals surface area contributed by atoms with Crippen molar-refractivity contribution in [2.24, 2.45) is 0 Å². The number of amides is 1. The maximum Gasteiger partial charge on any atom is 0.253 e. The lowest BCUT2D eigenvalue weighted by molar-refractivity contribution is -0.130. The molecule has 0 fully saturated rings. The molecule has 0 saturated heterocycles. The lowest BCUT2D eigenvalue weighted by atomic mass is 10.0. The third-order valence-corrected chi connectivity index (χ3v) is 4.08. The van der Waals surface area contributed by atoms with Crippen molar-refractivity contribution in [1.29, 1.82) is 0 Å². The van der Waals surface area contributed by atoms with Crippen LogP contribution in [0.25, 0.3) is 0 Å². The van der Waals surface area contributed by atoms with Crippen LogP contribution in [-0.2, 0) is 11.2 Å². The second-order valence-electron chi connectivity index (χ2n) is 5.77.